The van der Waals surface area contributed by atoms with Crippen LogP contribution in [0.25, 0.3) is 0 Å². The Hall–Kier alpha value is -2.26. The molecule has 2 aromatic rings. The maximum atomic E-state index is 12.9. The molecule has 1 amide bonds. The number of rotatable bonds is 3. The van der Waals surface area contributed by atoms with E-state index in [1.807, 2.05) is 0 Å². The SMILES string of the molecule is Cc1noc(C)c1S(=O)(=O)N1CCCN(C(=O)c2ccccn2)CC1. The lowest BCUT2D eigenvalue weighted by Crippen LogP contribution is -2.37. The summed E-state index contributed by atoms with van der Waals surface area (Å²) in [6, 6.07) is 5.16. The van der Waals surface area contributed by atoms with E-state index in [1.54, 1.807) is 43.1 Å². The number of carbonyl (C=O) groups excluding carboxylic acids is 1. The molecule has 9 heteroatoms. The zero-order valence-corrected chi connectivity index (χ0v) is 15.0. The highest BCUT2D eigenvalue weighted by atomic mass is 32.2. The number of amides is 1. The van der Waals surface area contributed by atoms with Crippen LogP contribution in [0.15, 0.2) is 33.8 Å². The monoisotopic (exact) mass is 364 g/mol. The van der Waals surface area contributed by atoms with E-state index in [-0.39, 0.29) is 23.1 Å². The second kappa shape index (κ2) is 6.93. The molecule has 0 N–H and O–H groups in total. The maximum Gasteiger partial charge on any atom is 0.272 e. The quantitative estimate of drug-likeness (QED) is 0.812. The molecule has 0 bridgehead atoms. The Morgan fingerprint density at radius 3 is 2.60 bits per heavy atom. The maximum absolute atomic E-state index is 12.9. The van der Waals surface area contributed by atoms with Gasteiger partial charge in [-0.05, 0) is 32.4 Å². The minimum atomic E-state index is -3.69. The van der Waals surface area contributed by atoms with Crippen LogP contribution in [0.3, 0.4) is 0 Å². The van der Waals surface area contributed by atoms with Gasteiger partial charge in [0.05, 0.1) is 0 Å². The molecule has 2 aromatic heterocycles. The van der Waals surface area contributed by atoms with Crippen LogP contribution >= 0.6 is 0 Å². The van der Waals surface area contributed by atoms with E-state index in [0.717, 1.165) is 0 Å². The predicted octanol–water partition coefficient (Wildman–Crippen LogP) is 1.22. The predicted molar refractivity (Wildman–Crippen MR) is 89.5 cm³/mol. The van der Waals surface area contributed by atoms with Crippen LogP contribution in [-0.4, -0.2) is 59.8 Å². The molecule has 0 spiro atoms. The second-order valence-corrected chi connectivity index (χ2v) is 7.79. The number of hydrogen-bond donors (Lipinski definition) is 0. The Balaban J connectivity index is 1.77. The standard InChI is InChI=1S/C16H20N4O4S/c1-12-15(13(2)24-18-12)25(22,23)20-9-5-8-19(10-11-20)16(21)14-6-3-4-7-17-14/h3-4,6-7H,5,8-11H2,1-2H3. The summed E-state index contributed by atoms with van der Waals surface area (Å²) < 4.78 is 32.2. The first-order valence-electron chi connectivity index (χ1n) is 8.04. The van der Waals surface area contributed by atoms with E-state index in [4.69, 9.17) is 4.52 Å². The molecule has 1 saturated heterocycles. The van der Waals surface area contributed by atoms with Crippen LogP contribution in [0.2, 0.25) is 0 Å². The molecule has 1 aliphatic heterocycles. The van der Waals surface area contributed by atoms with Crippen LogP contribution in [-0.2, 0) is 10.0 Å². The zero-order valence-electron chi connectivity index (χ0n) is 14.2. The van der Waals surface area contributed by atoms with Crippen molar-refractivity contribution in [3.8, 4) is 0 Å². The van der Waals surface area contributed by atoms with Crippen LogP contribution in [0.4, 0.5) is 0 Å². The van der Waals surface area contributed by atoms with Gasteiger partial charge in [-0.25, -0.2) is 8.42 Å². The van der Waals surface area contributed by atoms with E-state index in [0.29, 0.717) is 37.4 Å². The van der Waals surface area contributed by atoms with Crippen molar-refractivity contribution in [2.24, 2.45) is 0 Å². The van der Waals surface area contributed by atoms with Gasteiger partial charge in [-0.2, -0.15) is 4.31 Å². The molecule has 0 saturated carbocycles. The van der Waals surface area contributed by atoms with Crippen molar-refractivity contribution in [2.45, 2.75) is 25.2 Å². The van der Waals surface area contributed by atoms with Gasteiger partial charge in [0.1, 0.15) is 16.3 Å². The largest absolute Gasteiger partial charge is 0.360 e. The summed E-state index contributed by atoms with van der Waals surface area (Å²) in [4.78, 5) is 18.4. The van der Waals surface area contributed by atoms with Crippen LogP contribution in [0.1, 0.15) is 28.4 Å². The van der Waals surface area contributed by atoms with Crippen molar-refractivity contribution in [1.82, 2.24) is 19.3 Å². The van der Waals surface area contributed by atoms with E-state index in [1.165, 1.54) is 4.31 Å². The number of hydrogen-bond acceptors (Lipinski definition) is 6. The Bertz CT molecular complexity index is 844. The Morgan fingerprint density at radius 2 is 1.96 bits per heavy atom. The van der Waals surface area contributed by atoms with Gasteiger partial charge in [-0.3, -0.25) is 9.78 Å². The number of carbonyl (C=O) groups is 1. The fourth-order valence-corrected chi connectivity index (χ4v) is 4.72. The van der Waals surface area contributed by atoms with Gasteiger partial charge < -0.3 is 9.42 Å². The Labute approximate surface area is 146 Å². The van der Waals surface area contributed by atoms with Crippen molar-refractivity contribution in [2.75, 3.05) is 26.2 Å². The summed E-state index contributed by atoms with van der Waals surface area (Å²) in [5, 5.41) is 3.73. The molecule has 1 aliphatic rings. The van der Waals surface area contributed by atoms with Crippen molar-refractivity contribution in [3.05, 3.63) is 41.5 Å². The topological polar surface area (TPSA) is 96.6 Å². The average Bonchev–Trinajstić information content (AvgIpc) is 2.81. The molecular formula is C16H20N4O4S. The van der Waals surface area contributed by atoms with Crippen molar-refractivity contribution >= 4 is 15.9 Å². The fraction of sp³-hybridized carbons (Fsp3) is 0.438. The minimum Gasteiger partial charge on any atom is -0.360 e. The molecule has 0 aliphatic carbocycles. The zero-order chi connectivity index (χ0) is 18.0. The third kappa shape index (κ3) is 3.42. The van der Waals surface area contributed by atoms with E-state index in [9.17, 15) is 13.2 Å². The summed E-state index contributed by atoms with van der Waals surface area (Å²) in [5.74, 6) is 0.0975. The third-order valence-corrected chi connectivity index (χ3v) is 6.34. The number of sulfonamides is 1. The molecule has 0 aromatic carbocycles. The lowest BCUT2D eigenvalue weighted by Gasteiger charge is -2.21. The second-order valence-electron chi connectivity index (χ2n) is 5.92. The third-order valence-electron chi connectivity index (χ3n) is 4.19. The first-order valence-corrected chi connectivity index (χ1v) is 9.48. The molecule has 1 fully saturated rings. The van der Waals surface area contributed by atoms with Crippen LogP contribution < -0.4 is 0 Å². The minimum absolute atomic E-state index is 0.122. The van der Waals surface area contributed by atoms with Crippen LogP contribution in [0.5, 0.6) is 0 Å². The molecule has 134 valence electrons. The lowest BCUT2D eigenvalue weighted by molar-refractivity contribution is 0.0758. The molecule has 3 heterocycles. The average molecular weight is 364 g/mol. The number of aromatic nitrogens is 2. The van der Waals surface area contributed by atoms with E-state index < -0.39 is 10.0 Å². The summed E-state index contributed by atoms with van der Waals surface area (Å²) in [6.07, 6.45) is 2.13. The molecule has 0 radical (unpaired) electrons. The van der Waals surface area contributed by atoms with Crippen LogP contribution in [0, 0.1) is 13.8 Å². The van der Waals surface area contributed by atoms with Gasteiger partial charge >= 0.3 is 0 Å². The first kappa shape index (κ1) is 17.6. The van der Waals surface area contributed by atoms with Gasteiger partial charge in [-0.15, -0.1) is 0 Å². The molecule has 0 atom stereocenters. The highest BCUT2D eigenvalue weighted by molar-refractivity contribution is 7.89. The summed E-state index contributed by atoms with van der Waals surface area (Å²) >= 11 is 0. The first-order chi connectivity index (χ1) is 11.9. The summed E-state index contributed by atoms with van der Waals surface area (Å²) in [7, 11) is -3.69. The summed E-state index contributed by atoms with van der Waals surface area (Å²) in [6.45, 7) is 4.57. The Kier molecular flexibility index (Phi) is 4.87. The molecule has 8 nitrogen and oxygen atoms in total. The van der Waals surface area contributed by atoms with Gasteiger partial charge in [0.2, 0.25) is 10.0 Å². The molecule has 25 heavy (non-hydrogen) atoms. The van der Waals surface area contributed by atoms with Gasteiger partial charge in [0.15, 0.2) is 5.76 Å². The number of pyridine rings is 1. The van der Waals surface area contributed by atoms with E-state index >= 15 is 0 Å². The number of aryl methyl sites for hydroxylation is 2. The van der Waals surface area contributed by atoms with Gasteiger partial charge in [-0.1, -0.05) is 11.2 Å². The number of nitrogens with zero attached hydrogens (tertiary/aromatic N) is 4. The van der Waals surface area contributed by atoms with Crippen molar-refractivity contribution in [3.63, 3.8) is 0 Å². The molecular weight excluding hydrogens is 344 g/mol. The Morgan fingerprint density at radius 1 is 1.16 bits per heavy atom. The fourth-order valence-electron chi connectivity index (χ4n) is 2.96. The van der Waals surface area contributed by atoms with Crippen molar-refractivity contribution in [1.29, 1.82) is 0 Å². The molecule has 0 unspecified atom stereocenters. The van der Waals surface area contributed by atoms with Gasteiger partial charge in [0.25, 0.3) is 5.91 Å². The van der Waals surface area contributed by atoms with Crippen molar-refractivity contribution < 1.29 is 17.7 Å². The van der Waals surface area contributed by atoms with E-state index in [2.05, 4.69) is 10.1 Å². The summed E-state index contributed by atoms with van der Waals surface area (Å²) in [5.41, 5.74) is 0.715. The highest BCUT2D eigenvalue weighted by Gasteiger charge is 2.33. The van der Waals surface area contributed by atoms with Gasteiger partial charge in [0, 0.05) is 32.4 Å². The molecule has 3 rings (SSSR count). The highest BCUT2D eigenvalue weighted by Crippen LogP contribution is 2.24. The normalized spacial score (nSPS) is 16.6. The lowest BCUT2D eigenvalue weighted by atomic mass is 10.3. The smallest absolute Gasteiger partial charge is 0.272 e.